The van der Waals surface area contributed by atoms with E-state index in [4.69, 9.17) is 30.2 Å². The lowest BCUT2D eigenvalue weighted by Gasteiger charge is -2.37. The Morgan fingerprint density at radius 2 is 1.95 bits per heavy atom. The lowest BCUT2D eigenvalue weighted by Crippen LogP contribution is -2.55. The Bertz CT molecular complexity index is 1150. The molecule has 1 fully saturated rings. The number of aromatic nitrogens is 2. The second-order valence-electron chi connectivity index (χ2n) is 9.23. The molecule has 0 unspecified atom stereocenters. The van der Waals surface area contributed by atoms with Gasteiger partial charge in [0.05, 0.1) is 11.6 Å². The molecule has 1 aromatic carbocycles. The predicted octanol–water partition coefficient (Wildman–Crippen LogP) is 4.19. The minimum absolute atomic E-state index is 0.00641. The average Bonchev–Trinajstić information content (AvgIpc) is 3.30. The maximum absolute atomic E-state index is 13.6. The molecule has 0 bridgehead atoms. The third-order valence-electron chi connectivity index (χ3n) is 4.94. The molecule has 3 rings (SSSR count). The van der Waals surface area contributed by atoms with Crippen molar-refractivity contribution in [3.63, 3.8) is 0 Å². The number of carbonyl (C=O) groups excluding carboxylic acids is 2. The highest BCUT2D eigenvalue weighted by molar-refractivity contribution is 6.59. The fraction of sp³-hybridized carbons (Fsp3) is 0.545. The van der Waals surface area contributed by atoms with Gasteiger partial charge in [-0.3, -0.25) is 14.4 Å². The fourth-order valence-corrected chi connectivity index (χ4v) is 5.71. The van der Waals surface area contributed by atoms with Crippen LogP contribution >= 0.6 is 11.6 Å². The van der Waals surface area contributed by atoms with Crippen molar-refractivity contribution in [3.05, 3.63) is 34.9 Å². The molecule has 39 heavy (non-hydrogen) atoms. The first kappa shape index (κ1) is 30.4. The lowest BCUT2D eigenvalue weighted by atomic mass is 10.2. The van der Waals surface area contributed by atoms with Gasteiger partial charge < -0.3 is 23.6 Å². The molecule has 2 aromatic rings. The van der Waals surface area contributed by atoms with Gasteiger partial charge in [-0.1, -0.05) is 16.7 Å². The largest absolute Gasteiger partial charge is 0.522 e. The summed E-state index contributed by atoms with van der Waals surface area (Å²) in [6.07, 6.45) is -5.44. The summed E-state index contributed by atoms with van der Waals surface area (Å²) in [7, 11) is -1.67. The molecule has 1 saturated heterocycles. The van der Waals surface area contributed by atoms with E-state index in [1.165, 1.54) is 17.0 Å². The fourth-order valence-electron chi connectivity index (χ4n) is 3.38. The Morgan fingerprint density at radius 3 is 2.62 bits per heavy atom. The molecule has 1 aliphatic rings. The van der Waals surface area contributed by atoms with Gasteiger partial charge in [0.2, 0.25) is 11.8 Å². The van der Waals surface area contributed by atoms with Crippen molar-refractivity contribution in [1.82, 2.24) is 20.1 Å². The van der Waals surface area contributed by atoms with E-state index in [0.717, 1.165) is 6.07 Å². The zero-order valence-corrected chi connectivity index (χ0v) is 22.9. The van der Waals surface area contributed by atoms with Crippen LogP contribution in [0.5, 0.6) is 11.8 Å². The van der Waals surface area contributed by atoms with E-state index in [1.54, 1.807) is 20.8 Å². The molecule has 1 aromatic heterocycles. The summed E-state index contributed by atoms with van der Waals surface area (Å²) < 4.78 is 74.7. The molecule has 0 spiro atoms. The van der Waals surface area contributed by atoms with E-state index in [2.05, 4.69) is 19.9 Å². The number of rotatable bonds is 9. The van der Waals surface area contributed by atoms with E-state index >= 15 is 0 Å². The minimum Gasteiger partial charge on any atom is -0.484 e. The number of nitrogens with one attached hydrogen (secondary N) is 1. The first-order valence-electron chi connectivity index (χ1n) is 11.6. The third kappa shape index (κ3) is 9.85. The highest BCUT2D eigenvalue weighted by Crippen LogP contribution is 2.32. The summed E-state index contributed by atoms with van der Waals surface area (Å²) in [6, 6.07) is 3.56. The number of nitrogens with zero attached hydrogens (tertiary/aromatic N) is 3. The lowest BCUT2D eigenvalue weighted by molar-refractivity contribution is -0.325. The molecule has 2 heterocycles. The van der Waals surface area contributed by atoms with Crippen LogP contribution in [0.4, 0.5) is 22.4 Å². The maximum Gasteiger partial charge on any atom is 0.522 e. The van der Waals surface area contributed by atoms with E-state index in [-0.39, 0.29) is 35.5 Å². The zero-order valence-electron chi connectivity index (χ0n) is 21.1. The molecule has 1 aliphatic heterocycles. The van der Waals surface area contributed by atoms with E-state index < -0.39 is 58.0 Å². The molecular formula is C22H26ClF4N4O7Si. The van der Waals surface area contributed by atoms with Gasteiger partial charge in [0.1, 0.15) is 29.8 Å². The molecule has 0 saturated carbocycles. The van der Waals surface area contributed by atoms with Crippen molar-refractivity contribution in [2.75, 3.05) is 26.0 Å². The molecule has 17 heteroatoms. The molecule has 11 nitrogen and oxygen atoms in total. The third-order valence-corrected chi connectivity index (χ3v) is 7.50. The van der Waals surface area contributed by atoms with Crippen molar-refractivity contribution >= 4 is 32.6 Å². The van der Waals surface area contributed by atoms with E-state index in [1.807, 2.05) is 0 Å². The Hall–Kier alpha value is -3.11. The summed E-state index contributed by atoms with van der Waals surface area (Å²) >= 11 is 5.64. The van der Waals surface area contributed by atoms with Crippen LogP contribution in [0, 0.1) is 5.82 Å². The van der Waals surface area contributed by atoms with Crippen LogP contribution in [0.2, 0.25) is 11.1 Å². The molecule has 0 aliphatic carbocycles. The minimum atomic E-state index is -4.80. The molecule has 2 amide bonds. The van der Waals surface area contributed by atoms with Crippen LogP contribution < -0.4 is 14.5 Å². The Kier molecular flexibility index (Phi) is 10.0. The van der Waals surface area contributed by atoms with Crippen molar-refractivity contribution < 1.29 is 50.5 Å². The number of hydrogen-bond acceptors (Lipinski definition) is 9. The van der Waals surface area contributed by atoms with Crippen LogP contribution in [-0.2, 0) is 14.3 Å². The predicted molar refractivity (Wildman–Crippen MR) is 128 cm³/mol. The van der Waals surface area contributed by atoms with Gasteiger partial charge in [0.25, 0.3) is 0 Å². The van der Waals surface area contributed by atoms with E-state index in [0.29, 0.717) is 12.5 Å². The number of alkyl halides is 3. The normalized spacial score (nSPS) is 16.6. The Labute approximate surface area is 227 Å². The number of halogens is 5. The van der Waals surface area contributed by atoms with E-state index in [9.17, 15) is 27.2 Å². The quantitative estimate of drug-likeness (QED) is 0.257. The smallest absolute Gasteiger partial charge is 0.484 e. The van der Waals surface area contributed by atoms with Crippen molar-refractivity contribution in [2.45, 2.75) is 51.2 Å². The van der Waals surface area contributed by atoms with Crippen molar-refractivity contribution in [1.29, 1.82) is 0 Å². The van der Waals surface area contributed by atoms with Gasteiger partial charge in [-0.2, -0.15) is 0 Å². The molecule has 1 N–H and O–H groups in total. The summed E-state index contributed by atoms with van der Waals surface area (Å²) in [5.74, 6) is -1.02. The number of amides is 2. The van der Waals surface area contributed by atoms with Crippen LogP contribution in [0.15, 0.2) is 22.6 Å². The van der Waals surface area contributed by atoms with Gasteiger partial charge in [0.15, 0.2) is 15.6 Å². The highest BCUT2D eigenvalue weighted by Gasteiger charge is 2.40. The molecule has 215 valence electrons. The topological polar surface area (TPSA) is 125 Å². The standard InChI is InChI=1S/C22H26ClF4N4O7Si/c1-21(2,3)38-20(33)31-12-39(30-17(32)11-35-13-4-5-14(23)15(24)10-13)9-6-16(31)18-28-29-19(37-18)34-7-8-36-22(25,26)27/h4-5,10,16H,6-9,11-12H2,1-3H3,(H,30,32)/t16-/m1/s1. The SMILES string of the molecule is CC(C)(C)OC(=O)N1C[Si](NC(=O)COc2ccc(Cl)c(F)c2)CC[C@@H]1c1nnc(OCCOC(F)(F)F)o1. The van der Waals surface area contributed by atoms with Gasteiger partial charge in [-0.05, 0) is 45.4 Å². The number of benzene rings is 1. The molecule has 1 radical (unpaired) electrons. The van der Waals surface area contributed by atoms with Crippen LogP contribution in [-0.4, -0.2) is 74.0 Å². The van der Waals surface area contributed by atoms with Crippen LogP contribution in [0.1, 0.15) is 39.1 Å². The van der Waals surface area contributed by atoms with Crippen molar-refractivity contribution in [3.8, 4) is 11.8 Å². The number of hydrogen-bond donors (Lipinski definition) is 1. The summed E-state index contributed by atoms with van der Waals surface area (Å²) in [4.78, 5) is 29.7. The summed E-state index contributed by atoms with van der Waals surface area (Å²) in [5.41, 5.74) is -0.821. The summed E-state index contributed by atoms with van der Waals surface area (Å²) in [5, 5.41) is 7.45. The number of carbonyl (C=O) groups is 2. The van der Waals surface area contributed by atoms with Gasteiger partial charge in [0, 0.05) is 12.2 Å². The first-order chi connectivity index (χ1) is 18.2. The molecular weight excluding hydrogens is 572 g/mol. The van der Waals surface area contributed by atoms with Gasteiger partial charge in [-0.15, -0.1) is 18.3 Å². The monoisotopic (exact) mass is 597 g/mol. The molecule has 1 atom stereocenters. The highest BCUT2D eigenvalue weighted by atomic mass is 35.5. The van der Waals surface area contributed by atoms with Crippen molar-refractivity contribution in [2.24, 2.45) is 0 Å². The first-order valence-corrected chi connectivity index (χ1v) is 13.9. The zero-order chi connectivity index (χ0) is 28.8. The Balaban J connectivity index is 1.61. The van der Waals surface area contributed by atoms with Gasteiger partial charge >= 0.3 is 18.5 Å². The summed E-state index contributed by atoms with van der Waals surface area (Å²) in [6.45, 7) is 3.41. The van der Waals surface area contributed by atoms with Crippen LogP contribution in [0.3, 0.4) is 0 Å². The second-order valence-corrected chi connectivity index (χ2v) is 11.9. The average molecular weight is 598 g/mol. The number of ether oxygens (including phenoxy) is 4. The van der Waals surface area contributed by atoms with Gasteiger partial charge in [-0.25, -0.2) is 9.18 Å². The van der Waals surface area contributed by atoms with Crippen LogP contribution in [0.25, 0.3) is 0 Å². The Morgan fingerprint density at radius 1 is 1.21 bits per heavy atom. The second kappa shape index (κ2) is 12.8. The maximum atomic E-state index is 13.6.